The van der Waals surface area contributed by atoms with Crippen molar-refractivity contribution in [3.8, 4) is 5.75 Å². The fourth-order valence-corrected chi connectivity index (χ4v) is 3.15. The number of aliphatic hydroxyl groups is 1. The van der Waals surface area contributed by atoms with Crippen LogP contribution in [0.3, 0.4) is 0 Å². The number of benzene rings is 3. The summed E-state index contributed by atoms with van der Waals surface area (Å²) in [5.74, 6) is 0.487. The largest absolute Gasteiger partial charge is 0.489 e. The van der Waals surface area contributed by atoms with Crippen LogP contribution in [-0.4, -0.2) is 17.7 Å². The van der Waals surface area contributed by atoms with Gasteiger partial charge in [0.1, 0.15) is 18.2 Å². The first kappa shape index (κ1) is 21.0. The van der Waals surface area contributed by atoms with Crippen molar-refractivity contribution in [3.05, 3.63) is 101 Å². The summed E-state index contributed by atoms with van der Waals surface area (Å²) in [6.45, 7) is 2.96. The van der Waals surface area contributed by atoms with Crippen LogP contribution in [0.5, 0.6) is 5.75 Å². The Morgan fingerprint density at radius 3 is 2.31 bits per heavy atom. The van der Waals surface area contributed by atoms with Gasteiger partial charge in [-0.2, -0.15) is 0 Å². The Hall–Kier alpha value is -2.69. The lowest BCUT2D eigenvalue weighted by Crippen LogP contribution is -2.31. The number of nitrogens with one attached hydrogen (secondary N) is 1. The summed E-state index contributed by atoms with van der Waals surface area (Å²) < 4.78 is 19.5. The molecule has 1 unspecified atom stereocenters. The fourth-order valence-electron chi connectivity index (χ4n) is 3.15. The number of aliphatic hydroxyl groups excluding tert-OH is 1. The van der Waals surface area contributed by atoms with Gasteiger partial charge in [0.2, 0.25) is 0 Å². The summed E-state index contributed by atoms with van der Waals surface area (Å²) in [5, 5.41) is 13.5. The van der Waals surface area contributed by atoms with Gasteiger partial charge in [0.15, 0.2) is 0 Å². The maximum absolute atomic E-state index is 13.7. The molecule has 0 spiro atoms. The van der Waals surface area contributed by atoms with E-state index in [-0.39, 0.29) is 11.9 Å². The first-order chi connectivity index (χ1) is 14.1. The standard InChI is InChI=1S/C25H28FNO2/c1-19(27-17-25(28)23-9-5-6-10-24(23)26)11-12-20-13-15-22(16-14-20)29-18-21-7-3-2-4-8-21/h2-10,13-16,19,25,27-28H,11-12,17-18H2,1H3/t19-,25?/m1/s1. The van der Waals surface area contributed by atoms with E-state index in [0.29, 0.717) is 18.7 Å². The molecule has 0 aliphatic carbocycles. The predicted octanol–water partition coefficient (Wildman–Crippen LogP) is 5.05. The van der Waals surface area contributed by atoms with Crippen molar-refractivity contribution in [1.29, 1.82) is 0 Å². The molecule has 0 aliphatic heterocycles. The fraction of sp³-hybridized carbons (Fsp3) is 0.280. The van der Waals surface area contributed by atoms with Crippen molar-refractivity contribution in [3.63, 3.8) is 0 Å². The summed E-state index contributed by atoms with van der Waals surface area (Å²) in [4.78, 5) is 0. The summed E-state index contributed by atoms with van der Waals surface area (Å²) >= 11 is 0. The summed E-state index contributed by atoms with van der Waals surface area (Å²) in [5.41, 5.74) is 2.72. The van der Waals surface area contributed by atoms with Crippen LogP contribution in [-0.2, 0) is 13.0 Å². The van der Waals surface area contributed by atoms with Gasteiger partial charge in [0.25, 0.3) is 0 Å². The van der Waals surface area contributed by atoms with Crippen LogP contribution in [0.25, 0.3) is 0 Å². The molecule has 0 heterocycles. The van der Waals surface area contributed by atoms with Crippen molar-refractivity contribution in [1.82, 2.24) is 5.32 Å². The third-order valence-electron chi connectivity index (χ3n) is 4.96. The molecule has 29 heavy (non-hydrogen) atoms. The van der Waals surface area contributed by atoms with Crippen LogP contribution in [0.1, 0.15) is 36.1 Å². The molecule has 3 aromatic carbocycles. The highest BCUT2D eigenvalue weighted by Crippen LogP contribution is 2.17. The highest BCUT2D eigenvalue weighted by atomic mass is 19.1. The van der Waals surface area contributed by atoms with Gasteiger partial charge < -0.3 is 15.2 Å². The number of ether oxygens (including phenoxy) is 1. The van der Waals surface area contributed by atoms with Gasteiger partial charge in [-0.3, -0.25) is 0 Å². The zero-order chi connectivity index (χ0) is 20.5. The predicted molar refractivity (Wildman–Crippen MR) is 114 cm³/mol. The third-order valence-corrected chi connectivity index (χ3v) is 4.96. The average molecular weight is 394 g/mol. The Labute approximate surface area is 172 Å². The molecular weight excluding hydrogens is 365 g/mol. The molecule has 2 atom stereocenters. The van der Waals surface area contributed by atoms with Gasteiger partial charge in [-0.1, -0.05) is 60.7 Å². The smallest absolute Gasteiger partial charge is 0.129 e. The van der Waals surface area contributed by atoms with E-state index in [1.54, 1.807) is 18.2 Å². The molecular formula is C25H28FNO2. The van der Waals surface area contributed by atoms with Gasteiger partial charge in [-0.15, -0.1) is 0 Å². The Morgan fingerprint density at radius 2 is 1.59 bits per heavy atom. The minimum Gasteiger partial charge on any atom is -0.489 e. The molecule has 0 amide bonds. The number of hydrogen-bond acceptors (Lipinski definition) is 3. The molecule has 4 heteroatoms. The van der Waals surface area contributed by atoms with E-state index in [1.807, 2.05) is 42.5 Å². The Morgan fingerprint density at radius 1 is 0.897 bits per heavy atom. The van der Waals surface area contributed by atoms with Crippen molar-refractivity contribution in [2.24, 2.45) is 0 Å². The molecule has 0 aromatic heterocycles. The SMILES string of the molecule is C[C@H](CCc1ccc(OCc2ccccc2)cc1)NCC(O)c1ccccc1F. The first-order valence-corrected chi connectivity index (χ1v) is 10.0. The lowest BCUT2D eigenvalue weighted by atomic mass is 10.0. The second kappa shape index (κ2) is 10.7. The van der Waals surface area contributed by atoms with Gasteiger partial charge in [0.05, 0.1) is 6.10 Å². The number of hydrogen-bond donors (Lipinski definition) is 2. The average Bonchev–Trinajstić information content (AvgIpc) is 2.76. The minimum absolute atomic E-state index is 0.213. The molecule has 3 nitrogen and oxygen atoms in total. The van der Waals surface area contributed by atoms with Crippen molar-refractivity contribution in [2.45, 2.75) is 38.5 Å². The summed E-state index contributed by atoms with van der Waals surface area (Å²) in [6.07, 6.45) is 0.997. The molecule has 152 valence electrons. The Kier molecular flexibility index (Phi) is 7.79. The normalized spacial score (nSPS) is 13.1. The van der Waals surface area contributed by atoms with E-state index in [9.17, 15) is 9.50 Å². The number of halogens is 1. The van der Waals surface area contributed by atoms with E-state index in [1.165, 1.54) is 11.6 Å². The molecule has 2 N–H and O–H groups in total. The summed E-state index contributed by atoms with van der Waals surface area (Å²) in [7, 11) is 0. The van der Waals surface area contributed by atoms with Gasteiger partial charge in [0, 0.05) is 18.2 Å². The van der Waals surface area contributed by atoms with Crippen LogP contribution < -0.4 is 10.1 Å². The molecule has 0 fully saturated rings. The quantitative estimate of drug-likeness (QED) is 0.506. The molecule has 0 aliphatic rings. The Bertz CT molecular complexity index is 868. The van der Waals surface area contributed by atoms with Crippen molar-refractivity contribution in [2.75, 3.05) is 6.54 Å². The van der Waals surface area contributed by atoms with Gasteiger partial charge >= 0.3 is 0 Å². The van der Waals surface area contributed by atoms with Gasteiger partial charge in [-0.05, 0) is 49.1 Å². The van der Waals surface area contributed by atoms with E-state index < -0.39 is 6.10 Å². The van der Waals surface area contributed by atoms with Crippen LogP contribution in [0.4, 0.5) is 4.39 Å². The molecule has 0 saturated carbocycles. The van der Waals surface area contributed by atoms with Crippen LogP contribution >= 0.6 is 0 Å². The molecule has 0 radical (unpaired) electrons. The first-order valence-electron chi connectivity index (χ1n) is 10.0. The summed E-state index contributed by atoms with van der Waals surface area (Å²) in [6, 6.07) is 24.8. The van der Waals surface area contributed by atoms with E-state index >= 15 is 0 Å². The molecule has 3 rings (SSSR count). The molecule has 3 aromatic rings. The molecule has 0 saturated heterocycles. The zero-order valence-corrected chi connectivity index (χ0v) is 16.7. The lowest BCUT2D eigenvalue weighted by molar-refractivity contribution is 0.165. The highest BCUT2D eigenvalue weighted by molar-refractivity contribution is 5.28. The van der Waals surface area contributed by atoms with Gasteiger partial charge in [-0.25, -0.2) is 4.39 Å². The Balaban J connectivity index is 1.39. The van der Waals surface area contributed by atoms with Crippen molar-refractivity contribution < 1.29 is 14.2 Å². The molecule has 0 bridgehead atoms. The maximum atomic E-state index is 13.7. The topological polar surface area (TPSA) is 41.5 Å². The van der Waals surface area contributed by atoms with E-state index in [4.69, 9.17) is 4.74 Å². The second-order valence-corrected chi connectivity index (χ2v) is 7.30. The second-order valence-electron chi connectivity index (χ2n) is 7.30. The number of aryl methyl sites for hydroxylation is 1. The highest BCUT2D eigenvalue weighted by Gasteiger charge is 2.13. The van der Waals surface area contributed by atoms with Crippen LogP contribution in [0, 0.1) is 5.82 Å². The maximum Gasteiger partial charge on any atom is 0.129 e. The lowest BCUT2D eigenvalue weighted by Gasteiger charge is -2.18. The van der Waals surface area contributed by atoms with Crippen molar-refractivity contribution >= 4 is 0 Å². The third kappa shape index (κ3) is 6.70. The van der Waals surface area contributed by atoms with Crippen LogP contribution in [0.2, 0.25) is 0 Å². The minimum atomic E-state index is -0.848. The van der Waals surface area contributed by atoms with E-state index in [2.05, 4.69) is 24.4 Å². The zero-order valence-electron chi connectivity index (χ0n) is 16.7. The van der Waals surface area contributed by atoms with E-state index in [0.717, 1.165) is 24.2 Å². The van der Waals surface area contributed by atoms with Crippen LogP contribution in [0.15, 0.2) is 78.9 Å². The monoisotopic (exact) mass is 393 g/mol. The number of rotatable bonds is 10.